The second kappa shape index (κ2) is 4.01. The fourth-order valence-corrected chi connectivity index (χ4v) is 1.36. The summed E-state index contributed by atoms with van der Waals surface area (Å²) >= 11 is 0. The van der Waals surface area contributed by atoms with E-state index < -0.39 is 16.3 Å². The monoisotopic (exact) mass is 182 g/mol. The Morgan fingerprint density at radius 3 is 2.09 bits per heavy atom. The van der Waals surface area contributed by atoms with Crippen LogP contribution in [0.2, 0.25) is 0 Å². The third-order valence-electron chi connectivity index (χ3n) is 1.32. The topological polar surface area (TPSA) is 92.4 Å². The minimum atomic E-state index is -3.69. The molecule has 0 saturated carbocycles. The van der Waals surface area contributed by atoms with E-state index in [-0.39, 0.29) is 12.5 Å². The summed E-state index contributed by atoms with van der Waals surface area (Å²) in [5.41, 5.74) is 0. The SMILES string of the molecule is CC(C)[C@H](CO)NS(N)(=O)=O. The zero-order valence-corrected chi connectivity index (χ0v) is 7.43. The second-order valence-electron chi connectivity index (χ2n) is 2.70. The normalized spacial score (nSPS) is 15.4. The highest BCUT2D eigenvalue weighted by atomic mass is 32.2. The standard InChI is InChI=1S/C5H14N2O3S/c1-4(2)5(3-8)7-11(6,9)10/h4-5,7-8H,3H2,1-2H3,(H2,6,9,10)/t5-/m0/s1. The first-order valence-corrected chi connectivity index (χ1v) is 4.82. The maximum atomic E-state index is 10.5. The van der Waals surface area contributed by atoms with Crippen molar-refractivity contribution in [3.05, 3.63) is 0 Å². The van der Waals surface area contributed by atoms with Gasteiger partial charge in [-0.2, -0.15) is 13.1 Å². The van der Waals surface area contributed by atoms with Crippen molar-refractivity contribution in [2.24, 2.45) is 11.1 Å². The average Bonchev–Trinajstić information content (AvgIpc) is 1.80. The summed E-state index contributed by atoms with van der Waals surface area (Å²) in [4.78, 5) is 0. The van der Waals surface area contributed by atoms with Crippen LogP contribution in [0.15, 0.2) is 0 Å². The highest BCUT2D eigenvalue weighted by molar-refractivity contribution is 7.87. The van der Waals surface area contributed by atoms with E-state index in [4.69, 9.17) is 10.2 Å². The Bertz CT molecular complexity index is 200. The van der Waals surface area contributed by atoms with Gasteiger partial charge in [-0.05, 0) is 5.92 Å². The summed E-state index contributed by atoms with van der Waals surface area (Å²) in [7, 11) is -3.69. The van der Waals surface area contributed by atoms with Crippen LogP contribution in [0.1, 0.15) is 13.8 Å². The van der Waals surface area contributed by atoms with E-state index in [1.54, 1.807) is 13.8 Å². The van der Waals surface area contributed by atoms with Gasteiger partial charge in [-0.15, -0.1) is 0 Å². The molecule has 0 aliphatic carbocycles. The molecule has 11 heavy (non-hydrogen) atoms. The molecule has 0 fully saturated rings. The van der Waals surface area contributed by atoms with Crippen molar-refractivity contribution in [2.75, 3.05) is 6.61 Å². The molecule has 0 aliphatic rings. The number of rotatable bonds is 4. The first-order chi connectivity index (χ1) is 4.87. The molecule has 0 rings (SSSR count). The minimum absolute atomic E-state index is 0.0262. The van der Waals surface area contributed by atoms with E-state index >= 15 is 0 Å². The lowest BCUT2D eigenvalue weighted by atomic mass is 10.1. The lowest BCUT2D eigenvalue weighted by molar-refractivity contribution is 0.228. The third-order valence-corrected chi connectivity index (χ3v) is 1.95. The van der Waals surface area contributed by atoms with Crippen LogP contribution in [0.3, 0.4) is 0 Å². The molecule has 0 radical (unpaired) electrons. The van der Waals surface area contributed by atoms with Gasteiger partial charge in [0.25, 0.3) is 10.2 Å². The predicted octanol–water partition coefficient (Wildman–Crippen LogP) is -1.20. The molecule has 0 unspecified atom stereocenters. The molecule has 0 saturated heterocycles. The van der Waals surface area contributed by atoms with Gasteiger partial charge < -0.3 is 5.11 Å². The van der Waals surface area contributed by atoms with Gasteiger partial charge in [-0.25, -0.2) is 5.14 Å². The Morgan fingerprint density at radius 1 is 1.55 bits per heavy atom. The van der Waals surface area contributed by atoms with E-state index in [2.05, 4.69) is 4.72 Å². The molecule has 1 atom stereocenters. The molecule has 0 aromatic rings. The van der Waals surface area contributed by atoms with E-state index in [0.29, 0.717) is 0 Å². The highest BCUT2D eigenvalue weighted by Crippen LogP contribution is 2.00. The second-order valence-corrected chi connectivity index (χ2v) is 4.02. The molecule has 6 heteroatoms. The average molecular weight is 182 g/mol. The fourth-order valence-electron chi connectivity index (χ4n) is 0.595. The fraction of sp³-hybridized carbons (Fsp3) is 1.00. The van der Waals surface area contributed by atoms with Crippen molar-refractivity contribution >= 4 is 10.2 Å². The number of hydrogen-bond donors (Lipinski definition) is 3. The third kappa shape index (κ3) is 5.14. The lowest BCUT2D eigenvalue weighted by Crippen LogP contribution is -2.44. The van der Waals surface area contributed by atoms with Gasteiger partial charge in [0.05, 0.1) is 6.61 Å². The number of aliphatic hydroxyl groups excluding tert-OH is 1. The van der Waals surface area contributed by atoms with Gasteiger partial charge in [-0.3, -0.25) is 0 Å². The zero-order chi connectivity index (χ0) is 9.07. The van der Waals surface area contributed by atoms with E-state index in [1.165, 1.54) is 0 Å². The summed E-state index contributed by atoms with van der Waals surface area (Å²) in [5.74, 6) is 0.0262. The quantitative estimate of drug-likeness (QED) is 0.509. The molecule has 4 N–H and O–H groups in total. The van der Waals surface area contributed by atoms with Gasteiger partial charge in [-0.1, -0.05) is 13.8 Å². The van der Waals surface area contributed by atoms with Crippen molar-refractivity contribution in [3.8, 4) is 0 Å². The molecule has 5 nitrogen and oxygen atoms in total. The molecular formula is C5H14N2O3S. The molecule has 0 aliphatic heterocycles. The van der Waals surface area contributed by atoms with E-state index in [9.17, 15) is 8.42 Å². The van der Waals surface area contributed by atoms with E-state index in [0.717, 1.165) is 0 Å². The van der Waals surface area contributed by atoms with Crippen LogP contribution in [-0.2, 0) is 10.2 Å². The van der Waals surface area contributed by atoms with Crippen molar-refractivity contribution in [1.82, 2.24) is 4.72 Å². The minimum Gasteiger partial charge on any atom is -0.395 e. The molecule has 0 amide bonds. The number of nitrogens with one attached hydrogen (secondary N) is 1. The van der Waals surface area contributed by atoms with Crippen LogP contribution in [0, 0.1) is 5.92 Å². The predicted molar refractivity (Wildman–Crippen MR) is 42.0 cm³/mol. The molecule has 0 aromatic heterocycles. The maximum Gasteiger partial charge on any atom is 0.274 e. The van der Waals surface area contributed by atoms with Crippen molar-refractivity contribution < 1.29 is 13.5 Å². The van der Waals surface area contributed by atoms with Gasteiger partial charge in [0, 0.05) is 6.04 Å². The first-order valence-electron chi connectivity index (χ1n) is 3.27. The van der Waals surface area contributed by atoms with Gasteiger partial charge in [0.1, 0.15) is 0 Å². The summed E-state index contributed by atoms with van der Waals surface area (Å²) in [6, 6.07) is -0.495. The largest absolute Gasteiger partial charge is 0.395 e. The number of hydrogen-bond acceptors (Lipinski definition) is 3. The van der Waals surface area contributed by atoms with Crippen LogP contribution < -0.4 is 9.86 Å². The first kappa shape index (κ1) is 10.8. The van der Waals surface area contributed by atoms with Crippen LogP contribution >= 0.6 is 0 Å². The van der Waals surface area contributed by atoms with Crippen molar-refractivity contribution in [2.45, 2.75) is 19.9 Å². The summed E-state index contributed by atoms with van der Waals surface area (Å²) in [6.45, 7) is 3.34. The summed E-state index contributed by atoms with van der Waals surface area (Å²) < 4.78 is 23.0. The Hall–Kier alpha value is -0.170. The Kier molecular flexibility index (Phi) is 3.95. The van der Waals surface area contributed by atoms with Crippen LogP contribution in [0.5, 0.6) is 0 Å². The van der Waals surface area contributed by atoms with Gasteiger partial charge in [0.2, 0.25) is 0 Å². The number of nitrogens with two attached hydrogens (primary N) is 1. The molecule has 68 valence electrons. The summed E-state index contributed by atoms with van der Waals surface area (Å²) in [6.07, 6.45) is 0. The van der Waals surface area contributed by atoms with E-state index in [1.807, 2.05) is 0 Å². The maximum absolute atomic E-state index is 10.5. The van der Waals surface area contributed by atoms with Crippen molar-refractivity contribution in [1.29, 1.82) is 0 Å². The van der Waals surface area contributed by atoms with Gasteiger partial charge >= 0.3 is 0 Å². The number of aliphatic hydroxyl groups is 1. The zero-order valence-electron chi connectivity index (χ0n) is 6.61. The molecule has 0 bridgehead atoms. The molecular weight excluding hydrogens is 168 g/mol. The van der Waals surface area contributed by atoms with Crippen LogP contribution in [0.25, 0.3) is 0 Å². The Morgan fingerprint density at radius 2 is 2.00 bits per heavy atom. The Balaban J connectivity index is 4.10. The van der Waals surface area contributed by atoms with Crippen LogP contribution in [0.4, 0.5) is 0 Å². The molecule has 0 aromatic carbocycles. The highest BCUT2D eigenvalue weighted by Gasteiger charge is 2.16. The molecule has 0 heterocycles. The Labute approximate surface area is 66.8 Å². The molecule has 0 spiro atoms. The van der Waals surface area contributed by atoms with Crippen LogP contribution in [-0.4, -0.2) is 26.2 Å². The van der Waals surface area contributed by atoms with Gasteiger partial charge in [0.15, 0.2) is 0 Å². The van der Waals surface area contributed by atoms with Crippen molar-refractivity contribution in [3.63, 3.8) is 0 Å². The lowest BCUT2D eigenvalue weighted by Gasteiger charge is -2.17. The smallest absolute Gasteiger partial charge is 0.274 e. The summed E-state index contributed by atoms with van der Waals surface area (Å²) in [5, 5.41) is 13.4.